The quantitative estimate of drug-likeness (QED) is 0.221. The molecule has 1 aliphatic carbocycles. The van der Waals surface area contributed by atoms with Gasteiger partial charge in [0.1, 0.15) is 0 Å². The number of likely N-dealkylation sites (tertiary alicyclic amines) is 1. The van der Waals surface area contributed by atoms with E-state index in [1.165, 1.54) is 52.2 Å². The molecule has 1 saturated heterocycles. The highest BCUT2D eigenvalue weighted by molar-refractivity contribution is 14.0. The number of hydrogen-bond donors (Lipinski definition) is 1. The van der Waals surface area contributed by atoms with Gasteiger partial charge in [-0.3, -0.25) is 9.79 Å². The fraction of sp³-hybridized carbons (Fsp3) is 0.889. The van der Waals surface area contributed by atoms with Crippen molar-refractivity contribution >= 4 is 35.9 Å². The SMILES string of the molecule is CN=C(NCCCCCC(=O)OC)N1CCC2(CCCCC2)C1.I. The number of unbranched alkanes of at least 4 members (excludes halogenated alkanes) is 2. The van der Waals surface area contributed by atoms with E-state index >= 15 is 0 Å². The summed E-state index contributed by atoms with van der Waals surface area (Å²) < 4.78 is 4.65. The molecule has 0 aromatic heterocycles. The predicted molar refractivity (Wildman–Crippen MR) is 109 cm³/mol. The largest absolute Gasteiger partial charge is 0.469 e. The van der Waals surface area contributed by atoms with Crippen molar-refractivity contribution in [1.29, 1.82) is 0 Å². The van der Waals surface area contributed by atoms with Gasteiger partial charge in [-0.15, -0.1) is 24.0 Å². The monoisotopic (exact) mass is 451 g/mol. The number of carbonyl (C=O) groups is 1. The van der Waals surface area contributed by atoms with E-state index < -0.39 is 0 Å². The van der Waals surface area contributed by atoms with Crippen molar-refractivity contribution in [2.75, 3.05) is 33.8 Å². The topological polar surface area (TPSA) is 53.9 Å². The zero-order valence-corrected chi connectivity index (χ0v) is 17.6. The molecule has 0 atom stereocenters. The van der Waals surface area contributed by atoms with Crippen LogP contribution in [0, 0.1) is 5.41 Å². The number of guanidine groups is 1. The minimum atomic E-state index is -0.108. The number of aliphatic imine (C=N–C) groups is 1. The van der Waals surface area contributed by atoms with Crippen LogP contribution >= 0.6 is 24.0 Å². The lowest BCUT2D eigenvalue weighted by molar-refractivity contribution is -0.140. The van der Waals surface area contributed by atoms with Gasteiger partial charge in [0.05, 0.1) is 7.11 Å². The van der Waals surface area contributed by atoms with Crippen molar-refractivity contribution in [2.24, 2.45) is 10.4 Å². The smallest absolute Gasteiger partial charge is 0.305 e. The number of nitrogens with zero attached hydrogens (tertiary/aromatic N) is 2. The summed E-state index contributed by atoms with van der Waals surface area (Å²) in [4.78, 5) is 18.0. The van der Waals surface area contributed by atoms with Gasteiger partial charge >= 0.3 is 5.97 Å². The van der Waals surface area contributed by atoms with Crippen LogP contribution in [0.15, 0.2) is 4.99 Å². The summed E-state index contributed by atoms with van der Waals surface area (Å²) in [5, 5.41) is 3.50. The molecule has 2 aliphatic rings. The fourth-order valence-electron chi connectivity index (χ4n) is 4.03. The summed E-state index contributed by atoms with van der Waals surface area (Å²) in [6.07, 6.45) is 11.9. The van der Waals surface area contributed by atoms with E-state index in [1.54, 1.807) is 0 Å². The van der Waals surface area contributed by atoms with Crippen LogP contribution in [0.5, 0.6) is 0 Å². The standard InChI is InChI=1S/C18H33N3O2.HI/c1-19-17(20-13-8-3-5-9-16(22)23-2)21-14-12-18(15-21)10-6-4-7-11-18;/h3-15H2,1-2H3,(H,19,20);1H. The number of nitrogens with one attached hydrogen (secondary N) is 1. The lowest BCUT2D eigenvalue weighted by Gasteiger charge is -2.33. The maximum Gasteiger partial charge on any atom is 0.305 e. The minimum Gasteiger partial charge on any atom is -0.469 e. The average Bonchev–Trinajstić information content (AvgIpc) is 2.97. The van der Waals surface area contributed by atoms with E-state index in [0.717, 1.165) is 38.3 Å². The fourth-order valence-corrected chi connectivity index (χ4v) is 4.03. The predicted octanol–water partition coefficient (Wildman–Crippen LogP) is 3.57. The van der Waals surface area contributed by atoms with E-state index in [9.17, 15) is 4.79 Å². The Kier molecular flexibility index (Phi) is 10.0. The van der Waals surface area contributed by atoms with Gasteiger partial charge in [-0.2, -0.15) is 0 Å². The Bertz CT molecular complexity index is 409. The van der Waals surface area contributed by atoms with Crippen molar-refractivity contribution in [3.05, 3.63) is 0 Å². The molecule has 140 valence electrons. The van der Waals surface area contributed by atoms with E-state index in [2.05, 4.69) is 19.9 Å². The highest BCUT2D eigenvalue weighted by Crippen LogP contribution is 2.43. The second-order valence-corrected chi connectivity index (χ2v) is 7.09. The summed E-state index contributed by atoms with van der Waals surface area (Å²) in [6.45, 7) is 3.24. The van der Waals surface area contributed by atoms with Crippen LogP contribution in [0.2, 0.25) is 0 Å². The summed E-state index contributed by atoms with van der Waals surface area (Å²) in [6, 6.07) is 0. The molecule has 2 fully saturated rings. The molecule has 0 radical (unpaired) electrons. The third-order valence-electron chi connectivity index (χ3n) is 5.43. The van der Waals surface area contributed by atoms with Gasteiger partial charge in [-0.1, -0.05) is 25.7 Å². The number of esters is 1. The number of methoxy groups -OCH3 is 1. The maximum atomic E-state index is 11.1. The molecule has 0 bridgehead atoms. The number of halogens is 1. The van der Waals surface area contributed by atoms with E-state index in [0.29, 0.717) is 11.8 Å². The van der Waals surface area contributed by atoms with Crippen molar-refractivity contribution in [3.63, 3.8) is 0 Å². The van der Waals surface area contributed by atoms with Crippen LogP contribution in [-0.4, -0.2) is 50.6 Å². The highest BCUT2D eigenvalue weighted by Gasteiger charge is 2.39. The van der Waals surface area contributed by atoms with Crippen LogP contribution in [0.25, 0.3) is 0 Å². The Morgan fingerprint density at radius 2 is 1.92 bits per heavy atom. The second-order valence-electron chi connectivity index (χ2n) is 7.09. The Hall–Kier alpha value is -0.530. The van der Waals surface area contributed by atoms with Gasteiger partial charge < -0.3 is 15.0 Å². The summed E-state index contributed by atoms with van der Waals surface area (Å²) in [5.74, 6) is 0.948. The molecule has 0 amide bonds. The molecule has 1 aliphatic heterocycles. The molecule has 2 rings (SSSR count). The number of ether oxygens (including phenoxy) is 1. The van der Waals surface area contributed by atoms with Crippen LogP contribution in [0.1, 0.15) is 64.2 Å². The molecule has 0 aromatic rings. The summed E-state index contributed by atoms with van der Waals surface area (Å²) in [7, 11) is 3.33. The molecule has 1 N–H and O–H groups in total. The zero-order valence-electron chi connectivity index (χ0n) is 15.3. The Morgan fingerprint density at radius 1 is 1.17 bits per heavy atom. The molecule has 1 spiro atoms. The normalized spacial score (nSPS) is 19.9. The second kappa shape index (κ2) is 11.2. The van der Waals surface area contributed by atoms with Crippen molar-refractivity contribution in [1.82, 2.24) is 10.2 Å². The lowest BCUT2D eigenvalue weighted by atomic mass is 9.73. The van der Waals surface area contributed by atoms with Crippen LogP contribution in [0.4, 0.5) is 0 Å². The first-order valence-electron chi connectivity index (χ1n) is 9.21. The van der Waals surface area contributed by atoms with Gasteiger partial charge in [-0.05, 0) is 37.5 Å². The number of rotatable bonds is 6. The molecule has 0 unspecified atom stereocenters. The lowest BCUT2D eigenvalue weighted by Crippen LogP contribution is -2.41. The van der Waals surface area contributed by atoms with Gasteiger partial charge in [0.2, 0.25) is 0 Å². The first-order chi connectivity index (χ1) is 11.2. The summed E-state index contributed by atoms with van der Waals surface area (Å²) in [5.41, 5.74) is 0.566. The van der Waals surface area contributed by atoms with Gasteiger partial charge in [0, 0.05) is 33.1 Å². The number of hydrogen-bond acceptors (Lipinski definition) is 3. The van der Waals surface area contributed by atoms with Gasteiger partial charge in [-0.25, -0.2) is 0 Å². The molecule has 1 saturated carbocycles. The van der Waals surface area contributed by atoms with E-state index in [-0.39, 0.29) is 29.9 Å². The molecule has 6 heteroatoms. The average molecular weight is 451 g/mol. The van der Waals surface area contributed by atoms with Crippen LogP contribution in [-0.2, 0) is 9.53 Å². The third-order valence-corrected chi connectivity index (χ3v) is 5.43. The summed E-state index contributed by atoms with van der Waals surface area (Å²) >= 11 is 0. The van der Waals surface area contributed by atoms with Crippen molar-refractivity contribution in [3.8, 4) is 0 Å². The molecular weight excluding hydrogens is 417 g/mol. The molecule has 5 nitrogen and oxygen atoms in total. The Morgan fingerprint density at radius 3 is 2.58 bits per heavy atom. The molecule has 1 heterocycles. The third kappa shape index (κ3) is 6.41. The number of carbonyl (C=O) groups excluding carboxylic acids is 1. The minimum absolute atomic E-state index is 0. The molecule has 0 aromatic carbocycles. The van der Waals surface area contributed by atoms with E-state index in [4.69, 9.17) is 0 Å². The van der Waals surface area contributed by atoms with Crippen molar-refractivity contribution < 1.29 is 9.53 Å². The van der Waals surface area contributed by atoms with Gasteiger partial charge in [0.15, 0.2) is 5.96 Å². The zero-order chi connectivity index (χ0) is 16.5. The Labute approximate surface area is 164 Å². The maximum absolute atomic E-state index is 11.1. The first-order valence-corrected chi connectivity index (χ1v) is 9.21. The highest BCUT2D eigenvalue weighted by atomic mass is 127. The molecular formula is C18H34IN3O2. The van der Waals surface area contributed by atoms with Crippen LogP contribution in [0.3, 0.4) is 0 Å². The van der Waals surface area contributed by atoms with Crippen LogP contribution < -0.4 is 5.32 Å². The Balaban J connectivity index is 0.00000288. The van der Waals surface area contributed by atoms with Crippen molar-refractivity contribution in [2.45, 2.75) is 64.2 Å². The first kappa shape index (κ1) is 21.5. The van der Waals surface area contributed by atoms with E-state index in [1.807, 2.05) is 7.05 Å². The molecule has 24 heavy (non-hydrogen) atoms. The van der Waals surface area contributed by atoms with Gasteiger partial charge in [0.25, 0.3) is 0 Å².